The number of aromatic hydroxyl groups is 1. The lowest BCUT2D eigenvalue weighted by atomic mass is 9.99. The van der Waals surface area contributed by atoms with Crippen molar-refractivity contribution in [2.24, 2.45) is 5.92 Å². The van der Waals surface area contributed by atoms with Gasteiger partial charge in [0, 0.05) is 38.3 Å². The van der Waals surface area contributed by atoms with Gasteiger partial charge in [0.1, 0.15) is 5.75 Å². The smallest absolute Gasteiger partial charge is 0.255 e. The number of aromatic nitrogens is 2. The predicted octanol–water partition coefficient (Wildman–Crippen LogP) is 2.27. The lowest BCUT2D eigenvalue weighted by molar-refractivity contribution is 0.240. The number of hydrogen-bond donors (Lipinski definition) is 2. The number of nitrogens with one attached hydrogen (secondary N) is 1. The number of piperidine rings is 1. The second-order valence-electron chi connectivity index (χ2n) is 7.61. The van der Waals surface area contributed by atoms with Gasteiger partial charge in [0.15, 0.2) is 0 Å². The Kier molecular flexibility index (Phi) is 4.68. The summed E-state index contributed by atoms with van der Waals surface area (Å²) in [7, 11) is 0. The van der Waals surface area contributed by atoms with Crippen molar-refractivity contribution in [1.82, 2.24) is 14.9 Å². The molecule has 2 aliphatic heterocycles. The van der Waals surface area contributed by atoms with E-state index in [1.54, 1.807) is 12.1 Å². The van der Waals surface area contributed by atoms with Gasteiger partial charge >= 0.3 is 0 Å². The van der Waals surface area contributed by atoms with E-state index >= 15 is 0 Å². The molecular weight excluding hydrogens is 328 g/mol. The molecule has 3 heterocycles. The normalized spacial score (nSPS) is 18.7. The highest BCUT2D eigenvalue weighted by Gasteiger charge is 2.24. The molecule has 0 amide bonds. The lowest BCUT2D eigenvalue weighted by Gasteiger charge is -2.32. The fourth-order valence-electron chi connectivity index (χ4n) is 3.85. The third-order valence-corrected chi connectivity index (χ3v) is 5.57. The molecule has 0 aliphatic carbocycles. The number of hydrogen-bond acceptors (Lipinski definition) is 5. The second-order valence-corrected chi connectivity index (χ2v) is 7.61. The highest BCUT2D eigenvalue weighted by molar-refractivity contribution is 5.35. The van der Waals surface area contributed by atoms with Gasteiger partial charge in [-0.05, 0) is 42.9 Å². The lowest BCUT2D eigenvalue weighted by Crippen LogP contribution is -2.39. The Morgan fingerprint density at radius 1 is 1.19 bits per heavy atom. The average molecular weight is 354 g/mol. The fourth-order valence-corrected chi connectivity index (χ4v) is 3.85. The maximum atomic E-state index is 12.5. The second kappa shape index (κ2) is 7.11. The monoisotopic (exact) mass is 354 g/mol. The molecule has 6 heteroatoms. The number of anilines is 1. The van der Waals surface area contributed by atoms with Crippen LogP contribution in [0.25, 0.3) is 0 Å². The molecule has 4 rings (SSSR count). The molecule has 1 fully saturated rings. The summed E-state index contributed by atoms with van der Waals surface area (Å²) in [6, 6.07) is 7.31. The fraction of sp³-hybridized carbons (Fsp3) is 0.500. The Labute approximate surface area is 153 Å². The number of nitrogens with zero attached hydrogens (tertiary/aromatic N) is 3. The summed E-state index contributed by atoms with van der Waals surface area (Å²) in [4.78, 5) is 24.9. The van der Waals surface area contributed by atoms with Gasteiger partial charge in [-0.15, -0.1) is 0 Å². The summed E-state index contributed by atoms with van der Waals surface area (Å²) < 4.78 is 0. The number of phenols is 1. The summed E-state index contributed by atoms with van der Waals surface area (Å²) in [6.45, 7) is 6.53. The van der Waals surface area contributed by atoms with Gasteiger partial charge in [0.25, 0.3) is 5.56 Å². The highest BCUT2D eigenvalue weighted by Crippen LogP contribution is 2.22. The van der Waals surface area contributed by atoms with Crippen LogP contribution in [0.4, 0.5) is 5.95 Å². The first-order valence-corrected chi connectivity index (χ1v) is 9.46. The zero-order valence-corrected chi connectivity index (χ0v) is 15.2. The van der Waals surface area contributed by atoms with Gasteiger partial charge in [-0.3, -0.25) is 14.7 Å². The first-order valence-electron chi connectivity index (χ1n) is 9.46. The van der Waals surface area contributed by atoms with Crippen LogP contribution >= 0.6 is 0 Å². The van der Waals surface area contributed by atoms with E-state index in [1.807, 2.05) is 12.1 Å². The van der Waals surface area contributed by atoms with Crippen molar-refractivity contribution in [2.75, 3.05) is 24.5 Å². The van der Waals surface area contributed by atoms with Gasteiger partial charge < -0.3 is 10.0 Å². The Morgan fingerprint density at radius 3 is 2.65 bits per heavy atom. The van der Waals surface area contributed by atoms with Gasteiger partial charge in [-0.1, -0.05) is 19.1 Å². The third kappa shape index (κ3) is 3.60. The van der Waals surface area contributed by atoms with Crippen LogP contribution in [0.1, 0.15) is 36.6 Å². The standard InChI is InChI=1S/C20H26N4O2/c1-14-6-10-24(11-7-14)20-21-18-13-23(9-8-17(18)19(26)22-20)12-15-2-4-16(25)5-3-15/h2-5,14,25H,6-13H2,1H3,(H,21,22,26). The van der Waals surface area contributed by atoms with Crippen LogP contribution in [0.2, 0.25) is 0 Å². The molecule has 138 valence electrons. The van der Waals surface area contributed by atoms with Crippen molar-refractivity contribution in [3.63, 3.8) is 0 Å². The van der Waals surface area contributed by atoms with Crippen LogP contribution in [0, 0.1) is 5.92 Å². The molecular formula is C20H26N4O2. The Bertz CT molecular complexity index is 823. The molecule has 2 aromatic rings. The minimum atomic E-state index is 0.0212. The zero-order valence-electron chi connectivity index (χ0n) is 15.2. The van der Waals surface area contributed by atoms with E-state index in [2.05, 4.69) is 21.7 Å². The minimum absolute atomic E-state index is 0.0212. The third-order valence-electron chi connectivity index (χ3n) is 5.57. The molecule has 0 atom stereocenters. The van der Waals surface area contributed by atoms with Crippen molar-refractivity contribution in [3.05, 3.63) is 51.4 Å². The van der Waals surface area contributed by atoms with Crippen LogP contribution in [0.5, 0.6) is 5.75 Å². The molecule has 0 radical (unpaired) electrons. The predicted molar refractivity (Wildman–Crippen MR) is 101 cm³/mol. The summed E-state index contributed by atoms with van der Waals surface area (Å²) in [5.41, 5.74) is 2.92. The number of fused-ring (bicyclic) bond motifs is 1. The number of benzene rings is 1. The van der Waals surface area contributed by atoms with E-state index in [0.29, 0.717) is 6.54 Å². The summed E-state index contributed by atoms with van der Waals surface area (Å²) in [6.07, 6.45) is 3.02. The van der Waals surface area contributed by atoms with Gasteiger partial charge in [0.05, 0.1) is 5.69 Å². The topological polar surface area (TPSA) is 72.5 Å². The molecule has 0 bridgehead atoms. The van der Waals surface area contributed by atoms with Crippen LogP contribution in [-0.4, -0.2) is 39.6 Å². The van der Waals surface area contributed by atoms with E-state index in [9.17, 15) is 9.90 Å². The maximum Gasteiger partial charge on any atom is 0.255 e. The zero-order chi connectivity index (χ0) is 18.1. The van der Waals surface area contributed by atoms with Crippen molar-refractivity contribution >= 4 is 5.95 Å². The van der Waals surface area contributed by atoms with E-state index in [1.165, 1.54) is 0 Å². The van der Waals surface area contributed by atoms with E-state index in [-0.39, 0.29) is 11.3 Å². The minimum Gasteiger partial charge on any atom is -0.508 e. The SMILES string of the molecule is CC1CCN(c2nc3c(c(=O)[nH]2)CCN(Cc2ccc(O)cc2)C3)CC1. The Balaban J connectivity index is 1.52. The van der Waals surface area contributed by atoms with E-state index in [4.69, 9.17) is 4.98 Å². The largest absolute Gasteiger partial charge is 0.508 e. The number of aromatic amines is 1. The molecule has 2 aliphatic rings. The van der Waals surface area contributed by atoms with Crippen LogP contribution in [0.15, 0.2) is 29.1 Å². The van der Waals surface area contributed by atoms with Crippen LogP contribution in [-0.2, 0) is 19.5 Å². The molecule has 6 nitrogen and oxygen atoms in total. The first kappa shape index (κ1) is 17.1. The Morgan fingerprint density at radius 2 is 1.92 bits per heavy atom. The van der Waals surface area contributed by atoms with Gasteiger partial charge in [-0.2, -0.15) is 0 Å². The summed E-state index contributed by atoms with van der Waals surface area (Å²) in [5, 5.41) is 9.43. The molecule has 26 heavy (non-hydrogen) atoms. The number of phenolic OH excluding ortho intramolecular Hbond substituents is 1. The van der Waals surface area contributed by atoms with Crippen molar-refractivity contribution in [1.29, 1.82) is 0 Å². The van der Waals surface area contributed by atoms with Crippen LogP contribution < -0.4 is 10.5 Å². The first-order chi connectivity index (χ1) is 12.6. The van der Waals surface area contributed by atoms with Crippen LogP contribution in [0.3, 0.4) is 0 Å². The molecule has 0 saturated carbocycles. The molecule has 1 aromatic carbocycles. The van der Waals surface area contributed by atoms with E-state index in [0.717, 1.165) is 74.1 Å². The van der Waals surface area contributed by atoms with E-state index < -0.39 is 0 Å². The average Bonchev–Trinajstić information content (AvgIpc) is 2.64. The maximum absolute atomic E-state index is 12.5. The summed E-state index contributed by atoms with van der Waals surface area (Å²) >= 11 is 0. The summed E-state index contributed by atoms with van der Waals surface area (Å²) in [5.74, 6) is 1.76. The number of rotatable bonds is 3. The molecule has 0 unspecified atom stereocenters. The quantitative estimate of drug-likeness (QED) is 0.885. The van der Waals surface area contributed by atoms with Crippen molar-refractivity contribution in [2.45, 2.75) is 39.3 Å². The van der Waals surface area contributed by atoms with Gasteiger partial charge in [-0.25, -0.2) is 4.98 Å². The van der Waals surface area contributed by atoms with Crippen molar-refractivity contribution in [3.8, 4) is 5.75 Å². The molecule has 1 aromatic heterocycles. The highest BCUT2D eigenvalue weighted by atomic mass is 16.3. The Hall–Kier alpha value is -2.34. The van der Waals surface area contributed by atoms with Crippen molar-refractivity contribution < 1.29 is 5.11 Å². The van der Waals surface area contributed by atoms with Gasteiger partial charge in [0.2, 0.25) is 5.95 Å². The number of H-pyrrole nitrogens is 1. The molecule has 0 spiro atoms. The molecule has 2 N–H and O–H groups in total. The molecule has 1 saturated heterocycles.